The highest BCUT2D eigenvalue weighted by Crippen LogP contribution is 2.28. The van der Waals surface area contributed by atoms with Gasteiger partial charge in [0, 0.05) is 30.1 Å². The maximum Gasteiger partial charge on any atom is 0.0488 e. The number of thioether (sulfide) groups is 1. The van der Waals surface area contributed by atoms with Crippen molar-refractivity contribution in [3.8, 4) is 0 Å². The SMILES string of the molecule is CCCNC(c1ccccc1C)C1CSCCN1C. The van der Waals surface area contributed by atoms with Crippen LogP contribution in [0, 0.1) is 6.92 Å². The molecule has 1 aliphatic rings. The summed E-state index contributed by atoms with van der Waals surface area (Å²) in [5.41, 5.74) is 2.87. The van der Waals surface area contributed by atoms with Gasteiger partial charge in [0.15, 0.2) is 0 Å². The van der Waals surface area contributed by atoms with Crippen molar-refractivity contribution in [2.75, 3.05) is 31.6 Å². The third-order valence-corrected chi connectivity index (χ3v) is 5.01. The topological polar surface area (TPSA) is 15.3 Å². The largest absolute Gasteiger partial charge is 0.309 e. The number of aryl methyl sites for hydroxylation is 1. The molecule has 0 bridgehead atoms. The zero-order valence-corrected chi connectivity index (χ0v) is 13.2. The first-order valence-electron chi connectivity index (χ1n) is 7.31. The minimum absolute atomic E-state index is 0.457. The van der Waals surface area contributed by atoms with E-state index in [1.165, 1.54) is 35.6 Å². The monoisotopic (exact) mass is 278 g/mol. The molecule has 0 radical (unpaired) electrons. The van der Waals surface area contributed by atoms with Gasteiger partial charge in [-0.1, -0.05) is 31.2 Å². The average molecular weight is 278 g/mol. The lowest BCUT2D eigenvalue weighted by Crippen LogP contribution is -2.48. The van der Waals surface area contributed by atoms with Crippen LogP contribution in [-0.4, -0.2) is 42.6 Å². The second kappa shape index (κ2) is 7.32. The molecule has 3 heteroatoms. The Bertz CT molecular complexity index is 394. The Hall–Kier alpha value is -0.510. The van der Waals surface area contributed by atoms with E-state index in [9.17, 15) is 0 Å². The summed E-state index contributed by atoms with van der Waals surface area (Å²) in [6.45, 7) is 6.76. The van der Waals surface area contributed by atoms with Gasteiger partial charge in [-0.15, -0.1) is 0 Å². The predicted octanol–water partition coefficient (Wildman–Crippen LogP) is 3.08. The molecule has 2 nitrogen and oxygen atoms in total. The molecule has 2 rings (SSSR count). The smallest absolute Gasteiger partial charge is 0.0488 e. The van der Waals surface area contributed by atoms with Crippen LogP contribution in [0.3, 0.4) is 0 Å². The highest BCUT2D eigenvalue weighted by Gasteiger charge is 2.29. The molecule has 19 heavy (non-hydrogen) atoms. The van der Waals surface area contributed by atoms with E-state index in [0.717, 1.165) is 6.54 Å². The van der Waals surface area contributed by atoms with Gasteiger partial charge < -0.3 is 5.32 Å². The summed E-state index contributed by atoms with van der Waals surface area (Å²) in [4.78, 5) is 2.52. The molecule has 106 valence electrons. The highest BCUT2D eigenvalue weighted by molar-refractivity contribution is 7.99. The maximum atomic E-state index is 3.77. The molecule has 1 N–H and O–H groups in total. The van der Waals surface area contributed by atoms with E-state index >= 15 is 0 Å². The predicted molar refractivity (Wildman–Crippen MR) is 86.0 cm³/mol. The lowest BCUT2D eigenvalue weighted by atomic mass is 9.95. The van der Waals surface area contributed by atoms with Crippen molar-refractivity contribution in [1.29, 1.82) is 0 Å². The summed E-state index contributed by atoms with van der Waals surface area (Å²) in [6, 6.07) is 9.88. The van der Waals surface area contributed by atoms with Crippen molar-refractivity contribution < 1.29 is 0 Å². The standard InChI is InChI=1S/C16H26N2S/c1-4-9-17-16(14-8-6-5-7-13(14)2)15-12-19-11-10-18(15)3/h5-8,15-17H,4,9-12H2,1-3H3. The number of rotatable bonds is 5. The Morgan fingerprint density at radius 2 is 2.21 bits per heavy atom. The van der Waals surface area contributed by atoms with Crippen LogP contribution < -0.4 is 5.32 Å². The summed E-state index contributed by atoms with van der Waals surface area (Å²) in [6.07, 6.45) is 1.19. The van der Waals surface area contributed by atoms with Gasteiger partial charge in [0.2, 0.25) is 0 Å². The van der Waals surface area contributed by atoms with Gasteiger partial charge in [-0.25, -0.2) is 0 Å². The van der Waals surface area contributed by atoms with Crippen LogP contribution in [0.1, 0.15) is 30.5 Å². The van der Waals surface area contributed by atoms with Crippen LogP contribution in [0.15, 0.2) is 24.3 Å². The summed E-state index contributed by atoms with van der Waals surface area (Å²) in [5, 5.41) is 3.77. The van der Waals surface area contributed by atoms with Crippen LogP contribution in [-0.2, 0) is 0 Å². The second-order valence-corrected chi connectivity index (χ2v) is 6.56. The van der Waals surface area contributed by atoms with Crippen molar-refractivity contribution in [1.82, 2.24) is 10.2 Å². The molecule has 1 aromatic rings. The van der Waals surface area contributed by atoms with Gasteiger partial charge in [-0.05, 0) is 38.1 Å². The first-order chi connectivity index (χ1) is 9.24. The Labute approximate surface area is 122 Å². The minimum atomic E-state index is 0.457. The number of likely N-dealkylation sites (N-methyl/N-ethyl adjacent to an activating group) is 1. The van der Waals surface area contributed by atoms with Gasteiger partial charge in [-0.2, -0.15) is 11.8 Å². The first-order valence-corrected chi connectivity index (χ1v) is 8.46. The molecule has 0 spiro atoms. The fourth-order valence-corrected chi connectivity index (χ4v) is 4.02. The fourth-order valence-electron chi connectivity index (χ4n) is 2.75. The molecule has 0 aromatic heterocycles. The van der Waals surface area contributed by atoms with Crippen molar-refractivity contribution in [3.05, 3.63) is 35.4 Å². The van der Waals surface area contributed by atoms with Crippen LogP contribution in [0.5, 0.6) is 0 Å². The van der Waals surface area contributed by atoms with E-state index in [2.05, 4.69) is 67.1 Å². The second-order valence-electron chi connectivity index (χ2n) is 5.41. The molecule has 1 heterocycles. The van der Waals surface area contributed by atoms with Crippen LogP contribution in [0.4, 0.5) is 0 Å². The van der Waals surface area contributed by atoms with Gasteiger partial charge in [-0.3, -0.25) is 4.90 Å². The Kier molecular flexibility index (Phi) is 5.74. The number of benzene rings is 1. The van der Waals surface area contributed by atoms with Crippen molar-refractivity contribution in [2.45, 2.75) is 32.4 Å². The number of hydrogen-bond acceptors (Lipinski definition) is 3. The van der Waals surface area contributed by atoms with E-state index in [0.29, 0.717) is 12.1 Å². The minimum Gasteiger partial charge on any atom is -0.309 e. The third kappa shape index (κ3) is 3.74. The van der Waals surface area contributed by atoms with E-state index in [1.807, 2.05) is 0 Å². The Balaban J connectivity index is 2.22. The lowest BCUT2D eigenvalue weighted by molar-refractivity contribution is 0.215. The maximum absolute atomic E-state index is 3.77. The summed E-state index contributed by atoms with van der Waals surface area (Å²) in [5.74, 6) is 2.49. The summed E-state index contributed by atoms with van der Waals surface area (Å²) in [7, 11) is 2.27. The van der Waals surface area contributed by atoms with E-state index in [1.54, 1.807) is 0 Å². The number of hydrogen-bond donors (Lipinski definition) is 1. The van der Waals surface area contributed by atoms with Crippen LogP contribution in [0.2, 0.25) is 0 Å². The van der Waals surface area contributed by atoms with Crippen LogP contribution >= 0.6 is 11.8 Å². The van der Waals surface area contributed by atoms with Crippen molar-refractivity contribution in [3.63, 3.8) is 0 Å². The van der Waals surface area contributed by atoms with Crippen molar-refractivity contribution >= 4 is 11.8 Å². The number of nitrogens with zero attached hydrogens (tertiary/aromatic N) is 1. The quantitative estimate of drug-likeness (QED) is 0.891. The molecule has 1 saturated heterocycles. The van der Waals surface area contributed by atoms with Gasteiger partial charge in [0.25, 0.3) is 0 Å². The van der Waals surface area contributed by atoms with Gasteiger partial charge >= 0.3 is 0 Å². The summed E-state index contributed by atoms with van der Waals surface area (Å²) < 4.78 is 0. The van der Waals surface area contributed by atoms with E-state index in [4.69, 9.17) is 0 Å². The lowest BCUT2D eigenvalue weighted by Gasteiger charge is -2.39. The molecule has 1 aromatic carbocycles. The average Bonchev–Trinajstić information content (AvgIpc) is 2.42. The summed E-state index contributed by atoms with van der Waals surface area (Å²) >= 11 is 2.09. The molecule has 0 amide bonds. The number of nitrogens with one attached hydrogen (secondary N) is 1. The zero-order chi connectivity index (χ0) is 13.7. The van der Waals surface area contributed by atoms with Gasteiger partial charge in [0.05, 0.1) is 0 Å². The molecular formula is C16H26N2S. The molecular weight excluding hydrogens is 252 g/mol. The van der Waals surface area contributed by atoms with E-state index in [-0.39, 0.29) is 0 Å². The Morgan fingerprint density at radius 1 is 1.42 bits per heavy atom. The molecule has 1 aliphatic heterocycles. The molecule has 0 aliphatic carbocycles. The third-order valence-electron chi connectivity index (χ3n) is 3.97. The van der Waals surface area contributed by atoms with E-state index < -0.39 is 0 Å². The first kappa shape index (κ1) is 14.9. The van der Waals surface area contributed by atoms with Crippen molar-refractivity contribution in [2.24, 2.45) is 0 Å². The molecule has 0 saturated carbocycles. The zero-order valence-electron chi connectivity index (χ0n) is 12.4. The van der Waals surface area contributed by atoms with Gasteiger partial charge in [0.1, 0.15) is 0 Å². The highest BCUT2D eigenvalue weighted by atomic mass is 32.2. The molecule has 2 atom stereocenters. The van der Waals surface area contributed by atoms with Crippen LogP contribution in [0.25, 0.3) is 0 Å². The Morgan fingerprint density at radius 3 is 2.89 bits per heavy atom. The molecule has 2 unspecified atom stereocenters. The molecule has 1 fully saturated rings. The fraction of sp³-hybridized carbons (Fsp3) is 0.625. The normalized spacial score (nSPS) is 22.4.